The topological polar surface area (TPSA) is 52.7 Å². The van der Waals surface area contributed by atoms with Crippen LogP contribution in [-0.2, 0) is 9.59 Å². The lowest BCUT2D eigenvalue weighted by molar-refractivity contribution is -0.122. The standard InChI is InChI=1S/C26H28FN3O2S/c1-6-29-22-13-21(27)17(11-19(22)16(3)14-26(29,4)5)12-20-23(31)28-25(33)30(24(20)32)18-9-7-8-15(2)10-18/h7-13,16H,6,14H2,1-5H3,(H,28,31,33)/b20-12-. The molecule has 2 amide bonds. The maximum atomic E-state index is 15.3. The Morgan fingerprint density at radius 1 is 1.24 bits per heavy atom. The Morgan fingerprint density at radius 2 is 1.97 bits per heavy atom. The van der Waals surface area contributed by atoms with Gasteiger partial charge in [-0.2, -0.15) is 0 Å². The van der Waals surface area contributed by atoms with Gasteiger partial charge < -0.3 is 4.90 Å². The molecule has 2 aromatic carbocycles. The highest BCUT2D eigenvalue weighted by atomic mass is 32.1. The number of nitrogens with zero attached hydrogens (tertiary/aromatic N) is 2. The van der Waals surface area contributed by atoms with Crippen molar-refractivity contribution in [1.82, 2.24) is 5.32 Å². The molecule has 0 saturated carbocycles. The molecule has 1 N–H and O–H groups in total. The van der Waals surface area contributed by atoms with E-state index in [0.29, 0.717) is 5.69 Å². The number of halogens is 1. The van der Waals surface area contributed by atoms with Crippen molar-refractivity contribution < 1.29 is 14.0 Å². The molecule has 0 bridgehead atoms. The fourth-order valence-electron chi connectivity index (χ4n) is 5.04. The summed E-state index contributed by atoms with van der Waals surface area (Å²) in [7, 11) is 0. The van der Waals surface area contributed by atoms with Gasteiger partial charge in [-0.1, -0.05) is 19.1 Å². The van der Waals surface area contributed by atoms with Gasteiger partial charge in [-0.15, -0.1) is 0 Å². The zero-order valence-corrected chi connectivity index (χ0v) is 20.3. The lowest BCUT2D eigenvalue weighted by atomic mass is 9.79. The van der Waals surface area contributed by atoms with E-state index < -0.39 is 17.6 Å². The normalized spacial score (nSPS) is 21.3. The van der Waals surface area contributed by atoms with Crippen molar-refractivity contribution in [2.45, 2.75) is 52.5 Å². The van der Waals surface area contributed by atoms with Gasteiger partial charge in [-0.05, 0) is 93.7 Å². The Balaban J connectivity index is 1.78. The minimum absolute atomic E-state index is 0.00750. The second kappa shape index (κ2) is 8.37. The second-order valence-corrected chi connectivity index (χ2v) is 9.78. The van der Waals surface area contributed by atoms with E-state index >= 15 is 4.39 Å². The number of hydrogen-bond donors (Lipinski definition) is 1. The van der Waals surface area contributed by atoms with Crippen LogP contribution in [0, 0.1) is 12.7 Å². The fraction of sp³-hybridized carbons (Fsp3) is 0.346. The second-order valence-electron chi connectivity index (χ2n) is 9.39. The maximum Gasteiger partial charge on any atom is 0.270 e. The summed E-state index contributed by atoms with van der Waals surface area (Å²) >= 11 is 5.26. The Hall–Kier alpha value is -3.06. The smallest absolute Gasteiger partial charge is 0.270 e. The summed E-state index contributed by atoms with van der Waals surface area (Å²) in [6.07, 6.45) is 2.25. The summed E-state index contributed by atoms with van der Waals surface area (Å²) in [6.45, 7) is 11.2. The van der Waals surface area contributed by atoms with Gasteiger partial charge in [0.15, 0.2) is 5.11 Å². The predicted octanol–water partition coefficient (Wildman–Crippen LogP) is 5.08. The highest BCUT2D eigenvalue weighted by molar-refractivity contribution is 7.80. The van der Waals surface area contributed by atoms with E-state index in [4.69, 9.17) is 12.2 Å². The molecule has 0 radical (unpaired) electrons. The average molecular weight is 466 g/mol. The molecule has 1 saturated heterocycles. The predicted molar refractivity (Wildman–Crippen MR) is 134 cm³/mol. The Labute approximate surface area is 199 Å². The third kappa shape index (κ3) is 4.06. The van der Waals surface area contributed by atoms with Gasteiger partial charge in [0.2, 0.25) is 0 Å². The van der Waals surface area contributed by atoms with E-state index in [1.807, 2.05) is 25.1 Å². The molecule has 4 rings (SSSR count). The molecule has 1 unspecified atom stereocenters. The Bertz CT molecular complexity index is 1200. The quantitative estimate of drug-likeness (QED) is 0.390. The molecule has 2 aliphatic heterocycles. The zero-order chi connectivity index (χ0) is 24.1. The van der Waals surface area contributed by atoms with E-state index in [1.165, 1.54) is 17.0 Å². The van der Waals surface area contributed by atoms with Crippen LogP contribution in [0.5, 0.6) is 0 Å². The number of anilines is 2. The highest BCUT2D eigenvalue weighted by Crippen LogP contribution is 2.44. The van der Waals surface area contributed by atoms with E-state index in [0.717, 1.165) is 29.8 Å². The van der Waals surface area contributed by atoms with Gasteiger partial charge in [-0.25, -0.2) is 4.39 Å². The maximum absolute atomic E-state index is 15.3. The first-order chi connectivity index (χ1) is 15.5. The Kier molecular flexibility index (Phi) is 5.86. The van der Waals surface area contributed by atoms with Crippen molar-refractivity contribution in [1.29, 1.82) is 0 Å². The summed E-state index contributed by atoms with van der Waals surface area (Å²) in [5.74, 6) is -1.46. The van der Waals surface area contributed by atoms with E-state index in [9.17, 15) is 9.59 Å². The van der Waals surface area contributed by atoms with Crippen molar-refractivity contribution in [3.8, 4) is 0 Å². The number of thiocarbonyl (C=S) groups is 1. The molecule has 5 nitrogen and oxygen atoms in total. The molecular weight excluding hydrogens is 437 g/mol. The van der Waals surface area contributed by atoms with Crippen LogP contribution in [0.25, 0.3) is 6.08 Å². The molecule has 0 spiro atoms. The number of fused-ring (bicyclic) bond motifs is 1. The van der Waals surface area contributed by atoms with Gasteiger partial charge >= 0.3 is 0 Å². The van der Waals surface area contributed by atoms with Crippen molar-refractivity contribution in [2.75, 3.05) is 16.3 Å². The van der Waals surface area contributed by atoms with Crippen LogP contribution in [0.1, 0.15) is 56.7 Å². The van der Waals surface area contributed by atoms with Crippen LogP contribution in [-0.4, -0.2) is 29.0 Å². The SMILES string of the molecule is CCN1c2cc(F)c(/C=C3/C(=O)NC(=S)N(c4cccc(C)c4)C3=O)cc2C(C)CC1(C)C. The molecular formula is C26H28FN3O2S. The van der Waals surface area contributed by atoms with Crippen LogP contribution in [0.2, 0.25) is 0 Å². The molecule has 2 aromatic rings. The van der Waals surface area contributed by atoms with Crippen molar-refractivity contribution in [2.24, 2.45) is 0 Å². The van der Waals surface area contributed by atoms with Crippen molar-refractivity contribution >= 4 is 46.6 Å². The first kappa shape index (κ1) is 23.1. The summed E-state index contributed by atoms with van der Waals surface area (Å²) in [5.41, 5.74) is 3.35. The van der Waals surface area contributed by atoms with Gasteiger partial charge in [0.25, 0.3) is 11.8 Å². The summed E-state index contributed by atoms with van der Waals surface area (Å²) in [4.78, 5) is 29.4. The number of amides is 2. The van der Waals surface area contributed by atoms with E-state index in [-0.39, 0.29) is 27.7 Å². The Morgan fingerprint density at radius 3 is 2.64 bits per heavy atom. The lowest BCUT2D eigenvalue weighted by Gasteiger charge is -2.47. The molecule has 33 heavy (non-hydrogen) atoms. The average Bonchev–Trinajstić information content (AvgIpc) is 2.71. The van der Waals surface area contributed by atoms with Gasteiger partial charge in [0.05, 0.1) is 5.69 Å². The van der Waals surface area contributed by atoms with Gasteiger partial charge in [-0.3, -0.25) is 19.8 Å². The monoisotopic (exact) mass is 465 g/mol. The van der Waals surface area contributed by atoms with E-state index in [1.54, 1.807) is 12.1 Å². The van der Waals surface area contributed by atoms with Crippen LogP contribution in [0.4, 0.5) is 15.8 Å². The van der Waals surface area contributed by atoms with Crippen LogP contribution in [0.15, 0.2) is 42.0 Å². The minimum Gasteiger partial charge on any atom is -0.366 e. The molecule has 7 heteroatoms. The summed E-state index contributed by atoms with van der Waals surface area (Å²) in [5, 5.41) is 2.57. The van der Waals surface area contributed by atoms with Crippen LogP contribution < -0.4 is 15.1 Å². The summed E-state index contributed by atoms with van der Waals surface area (Å²) < 4.78 is 15.3. The van der Waals surface area contributed by atoms with Crippen molar-refractivity contribution in [3.05, 3.63) is 64.5 Å². The third-order valence-electron chi connectivity index (χ3n) is 6.48. The third-order valence-corrected chi connectivity index (χ3v) is 6.77. The lowest BCUT2D eigenvalue weighted by Crippen LogP contribution is -2.54. The number of hydrogen-bond acceptors (Lipinski definition) is 4. The summed E-state index contributed by atoms with van der Waals surface area (Å²) in [6, 6.07) is 10.6. The first-order valence-electron chi connectivity index (χ1n) is 11.1. The van der Waals surface area contributed by atoms with Crippen LogP contribution in [0.3, 0.4) is 0 Å². The molecule has 2 heterocycles. The number of aryl methyl sites for hydroxylation is 1. The van der Waals surface area contributed by atoms with Crippen molar-refractivity contribution in [3.63, 3.8) is 0 Å². The van der Waals surface area contributed by atoms with E-state index in [2.05, 4.69) is 37.9 Å². The largest absolute Gasteiger partial charge is 0.366 e. The highest BCUT2D eigenvalue weighted by Gasteiger charge is 2.37. The first-order valence-corrected chi connectivity index (χ1v) is 11.5. The molecule has 1 fully saturated rings. The van der Waals surface area contributed by atoms with Gasteiger partial charge in [0, 0.05) is 23.3 Å². The molecule has 172 valence electrons. The molecule has 2 aliphatic rings. The minimum atomic E-state index is -0.629. The van der Waals surface area contributed by atoms with Gasteiger partial charge in [0.1, 0.15) is 11.4 Å². The number of nitrogens with one attached hydrogen (secondary N) is 1. The fourth-order valence-corrected chi connectivity index (χ4v) is 5.33. The zero-order valence-electron chi connectivity index (χ0n) is 19.5. The number of carbonyl (C=O) groups excluding carboxylic acids is 2. The molecule has 1 atom stereocenters. The number of benzene rings is 2. The number of rotatable bonds is 3. The van der Waals surface area contributed by atoms with Crippen LogP contribution >= 0.6 is 12.2 Å². The molecule has 0 aliphatic carbocycles. The number of carbonyl (C=O) groups is 2. The molecule has 0 aromatic heterocycles.